The van der Waals surface area contributed by atoms with Crippen LogP contribution in [0.5, 0.6) is 0 Å². The van der Waals surface area contributed by atoms with Crippen molar-refractivity contribution >= 4 is 12.0 Å². The van der Waals surface area contributed by atoms with Crippen LogP contribution in [0.15, 0.2) is 0 Å². The molecule has 5 nitrogen and oxygen atoms in total. The molecule has 3 atom stereocenters. The molecule has 5 heteroatoms. The number of unbranched alkanes of at least 4 members (excludes halogenated alkanes) is 1. The van der Waals surface area contributed by atoms with E-state index in [1.54, 1.807) is 0 Å². The second-order valence-corrected chi connectivity index (χ2v) is 6.25. The van der Waals surface area contributed by atoms with Crippen molar-refractivity contribution in [1.29, 1.82) is 0 Å². The third kappa shape index (κ3) is 5.56. The zero-order valence-corrected chi connectivity index (χ0v) is 13.6. The lowest BCUT2D eigenvalue weighted by molar-refractivity contribution is -0.143. The summed E-state index contributed by atoms with van der Waals surface area (Å²) >= 11 is 0. The van der Waals surface area contributed by atoms with Gasteiger partial charge in [0.25, 0.3) is 0 Å². The number of carboxylic acid groups (broad SMARTS) is 1. The summed E-state index contributed by atoms with van der Waals surface area (Å²) in [6, 6.07) is -0.720. The largest absolute Gasteiger partial charge is 0.480 e. The number of aliphatic carboxylic acids is 1. The van der Waals surface area contributed by atoms with E-state index in [-0.39, 0.29) is 12.1 Å². The minimum absolute atomic E-state index is 0.163. The Morgan fingerprint density at radius 1 is 1.29 bits per heavy atom. The summed E-state index contributed by atoms with van der Waals surface area (Å²) in [6.45, 7) is 6.83. The predicted octanol–water partition coefficient (Wildman–Crippen LogP) is 3.24. The number of piperidine rings is 1. The lowest BCUT2D eigenvalue weighted by atomic mass is 9.92. The van der Waals surface area contributed by atoms with Gasteiger partial charge in [-0.25, -0.2) is 9.59 Å². The molecular formula is C16H30N2O3. The van der Waals surface area contributed by atoms with Crippen LogP contribution in [0, 0.1) is 5.92 Å². The maximum Gasteiger partial charge on any atom is 0.326 e. The van der Waals surface area contributed by atoms with Crippen molar-refractivity contribution in [2.75, 3.05) is 6.54 Å². The maximum absolute atomic E-state index is 12.4. The number of hydrogen-bond donors (Lipinski definition) is 2. The Labute approximate surface area is 128 Å². The third-order valence-corrected chi connectivity index (χ3v) is 4.28. The fraction of sp³-hybridized carbons (Fsp3) is 0.875. The number of carbonyl (C=O) groups is 2. The highest BCUT2D eigenvalue weighted by molar-refractivity contribution is 5.83. The molecule has 1 fully saturated rings. The number of nitrogens with one attached hydrogen (secondary N) is 1. The molecule has 1 aliphatic rings. The smallest absolute Gasteiger partial charge is 0.326 e. The molecule has 1 saturated heterocycles. The molecule has 3 unspecified atom stereocenters. The maximum atomic E-state index is 12.4. The van der Waals surface area contributed by atoms with Gasteiger partial charge in [0.15, 0.2) is 0 Å². The predicted molar refractivity (Wildman–Crippen MR) is 83.3 cm³/mol. The highest BCUT2D eigenvalue weighted by atomic mass is 16.4. The highest BCUT2D eigenvalue weighted by Crippen LogP contribution is 2.23. The van der Waals surface area contributed by atoms with Gasteiger partial charge in [-0.15, -0.1) is 0 Å². The van der Waals surface area contributed by atoms with E-state index in [0.717, 1.165) is 38.5 Å². The zero-order valence-electron chi connectivity index (χ0n) is 13.6. The van der Waals surface area contributed by atoms with Gasteiger partial charge in [-0.2, -0.15) is 0 Å². The molecule has 1 heterocycles. The topological polar surface area (TPSA) is 69.6 Å². The van der Waals surface area contributed by atoms with E-state index in [4.69, 9.17) is 0 Å². The number of hydrogen-bond acceptors (Lipinski definition) is 2. The van der Waals surface area contributed by atoms with Crippen molar-refractivity contribution in [3.63, 3.8) is 0 Å². The standard InChI is InChI=1S/C16H30N2O3/c1-4-6-8-13(7-5-2)17-16(21)18-10-9-12(3)11-14(18)15(19)20/h12-14H,4-11H2,1-3H3,(H,17,21)(H,19,20). The second kappa shape index (κ2) is 8.90. The SMILES string of the molecule is CCCCC(CCC)NC(=O)N1CCC(C)CC1C(=O)O. The average molecular weight is 298 g/mol. The van der Waals surface area contributed by atoms with Crippen molar-refractivity contribution in [2.24, 2.45) is 5.92 Å². The first kappa shape index (κ1) is 17.8. The first-order valence-electron chi connectivity index (χ1n) is 8.29. The van der Waals surface area contributed by atoms with Crippen LogP contribution in [-0.4, -0.2) is 40.6 Å². The highest BCUT2D eigenvalue weighted by Gasteiger charge is 2.35. The van der Waals surface area contributed by atoms with Gasteiger partial charge < -0.3 is 15.3 Å². The summed E-state index contributed by atoms with van der Waals surface area (Å²) in [5.74, 6) is -0.529. The molecule has 0 aromatic heterocycles. The van der Waals surface area contributed by atoms with E-state index in [9.17, 15) is 14.7 Å². The van der Waals surface area contributed by atoms with Gasteiger partial charge in [0, 0.05) is 12.6 Å². The summed E-state index contributed by atoms with van der Waals surface area (Å²) in [7, 11) is 0. The van der Waals surface area contributed by atoms with Crippen LogP contribution in [-0.2, 0) is 4.79 Å². The number of carboxylic acids is 1. The van der Waals surface area contributed by atoms with E-state index >= 15 is 0 Å². The fourth-order valence-corrected chi connectivity index (χ4v) is 2.96. The molecule has 0 aromatic carbocycles. The summed E-state index contributed by atoms with van der Waals surface area (Å²) in [4.78, 5) is 25.3. The van der Waals surface area contributed by atoms with Gasteiger partial charge in [-0.05, 0) is 31.6 Å². The number of likely N-dealkylation sites (tertiary alicyclic amines) is 1. The van der Waals surface area contributed by atoms with Gasteiger partial charge in [0.1, 0.15) is 6.04 Å². The Morgan fingerprint density at radius 2 is 2.00 bits per heavy atom. The minimum Gasteiger partial charge on any atom is -0.480 e. The van der Waals surface area contributed by atoms with E-state index in [0.29, 0.717) is 18.9 Å². The first-order chi connectivity index (χ1) is 9.99. The van der Waals surface area contributed by atoms with Crippen LogP contribution in [0.2, 0.25) is 0 Å². The fourth-order valence-electron chi connectivity index (χ4n) is 2.96. The molecule has 0 bridgehead atoms. The molecule has 0 spiro atoms. The monoisotopic (exact) mass is 298 g/mol. The van der Waals surface area contributed by atoms with Gasteiger partial charge in [0.2, 0.25) is 0 Å². The third-order valence-electron chi connectivity index (χ3n) is 4.28. The van der Waals surface area contributed by atoms with Crippen LogP contribution in [0.25, 0.3) is 0 Å². The minimum atomic E-state index is -0.891. The van der Waals surface area contributed by atoms with Crippen LogP contribution in [0.1, 0.15) is 65.7 Å². The van der Waals surface area contributed by atoms with Crippen LogP contribution < -0.4 is 5.32 Å². The van der Waals surface area contributed by atoms with Gasteiger partial charge >= 0.3 is 12.0 Å². The van der Waals surface area contributed by atoms with Crippen LogP contribution in [0.4, 0.5) is 4.79 Å². The van der Waals surface area contributed by atoms with E-state index < -0.39 is 12.0 Å². The van der Waals surface area contributed by atoms with Crippen molar-refractivity contribution < 1.29 is 14.7 Å². The molecule has 2 amide bonds. The molecule has 1 aliphatic heterocycles. The summed E-state index contributed by atoms with van der Waals surface area (Å²) < 4.78 is 0. The molecule has 0 saturated carbocycles. The van der Waals surface area contributed by atoms with Crippen molar-refractivity contribution in [3.05, 3.63) is 0 Å². The van der Waals surface area contributed by atoms with Crippen LogP contribution >= 0.6 is 0 Å². The van der Waals surface area contributed by atoms with Gasteiger partial charge in [-0.1, -0.05) is 40.0 Å². The number of rotatable bonds is 7. The Hall–Kier alpha value is -1.26. The van der Waals surface area contributed by atoms with E-state index in [2.05, 4.69) is 19.2 Å². The lowest BCUT2D eigenvalue weighted by Gasteiger charge is -2.36. The van der Waals surface area contributed by atoms with E-state index in [1.807, 2.05) is 6.92 Å². The molecule has 2 N–H and O–H groups in total. The van der Waals surface area contributed by atoms with Crippen molar-refractivity contribution in [3.8, 4) is 0 Å². The Morgan fingerprint density at radius 3 is 2.57 bits per heavy atom. The number of carbonyl (C=O) groups excluding carboxylic acids is 1. The Kier molecular flexibility index (Phi) is 7.54. The van der Waals surface area contributed by atoms with Gasteiger partial charge in [0.05, 0.1) is 0 Å². The van der Waals surface area contributed by atoms with Crippen LogP contribution in [0.3, 0.4) is 0 Å². The molecule has 0 aliphatic carbocycles. The number of amides is 2. The molecular weight excluding hydrogens is 268 g/mol. The number of nitrogens with zero attached hydrogens (tertiary/aromatic N) is 1. The summed E-state index contributed by atoms with van der Waals surface area (Å²) in [6.07, 6.45) is 6.57. The molecule has 1 rings (SSSR count). The zero-order chi connectivity index (χ0) is 15.8. The molecule has 0 aromatic rings. The van der Waals surface area contributed by atoms with E-state index in [1.165, 1.54) is 4.90 Å². The van der Waals surface area contributed by atoms with Crippen molar-refractivity contribution in [2.45, 2.75) is 77.8 Å². The Balaban J connectivity index is 2.63. The molecule has 0 radical (unpaired) electrons. The molecule has 122 valence electrons. The quantitative estimate of drug-likeness (QED) is 0.758. The summed E-state index contributed by atoms with van der Waals surface area (Å²) in [5, 5.41) is 12.4. The molecule has 21 heavy (non-hydrogen) atoms. The van der Waals surface area contributed by atoms with Gasteiger partial charge in [-0.3, -0.25) is 0 Å². The number of urea groups is 1. The van der Waals surface area contributed by atoms with Crippen molar-refractivity contribution in [1.82, 2.24) is 10.2 Å². The second-order valence-electron chi connectivity index (χ2n) is 6.25. The average Bonchev–Trinajstić information content (AvgIpc) is 2.44. The Bertz CT molecular complexity index is 346. The summed E-state index contributed by atoms with van der Waals surface area (Å²) in [5.41, 5.74) is 0. The normalized spacial score (nSPS) is 23.7. The first-order valence-corrected chi connectivity index (χ1v) is 8.29. The lowest BCUT2D eigenvalue weighted by Crippen LogP contribution is -2.55.